The average Bonchev–Trinajstić information content (AvgIpc) is 3.52. The third-order valence-electron chi connectivity index (χ3n) is 16.0. The normalized spacial score (nSPS) is 12.3. The molecule has 394 valence electrons. The predicted octanol–water partition coefficient (Wildman–Crippen LogP) is 16.7. The second-order valence-corrected chi connectivity index (χ2v) is 22.2. The molecule has 0 amide bonds. The van der Waals surface area contributed by atoms with Gasteiger partial charge in [0, 0.05) is 81.5 Å². The number of nitrogens with two attached hydrogens (primary N) is 2. The van der Waals surface area contributed by atoms with Crippen LogP contribution >= 0.6 is 0 Å². The molecule has 0 aliphatic carbocycles. The lowest BCUT2D eigenvalue weighted by molar-refractivity contribution is -0.538. The topological polar surface area (TPSA) is 153 Å². The van der Waals surface area contributed by atoms with E-state index < -0.39 is 10.8 Å². The summed E-state index contributed by atoms with van der Waals surface area (Å²) in [5, 5.41) is 24.0. The lowest BCUT2D eigenvalue weighted by Gasteiger charge is -2.41. The van der Waals surface area contributed by atoms with Gasteiger partial charge >= 0.3 is 0 Å². The SMILES string of the molecule is Cc1cc2nc3cc(C)c(N=Nc4c(OCC(C)(C)C(C)(C)COc5ccc6ccccc6c5N=Nc5cc6c(cc5C)nc5cc(C)c(N)cc5[n+]6-c5ccccc5)ccc5ccccc45)cc3[n+](-c3ccccc3)c2cc1N. The van der Waals surface area contributed by atoms with Crippen LogP contribution in [0.3, 0.4) is 0 Å². The Kier molecular flexibility index (Phi) is 13.0. The molecule has 12 rings (SSSR count). The van der Waals surface area contributed by atoms with E-state index in [1.165, 1.54) is 0 Å². The highest BCUT2D eigenvalue weighted by atomic mass is 16.5. The Morgan fingerprint density at radius 3 is 1.15 bits per heavy atom. The molecule has 80 heavy (non-hydrogen) atoms. The largest absolute Gasteiger partial charge is 0.491 e. The molecule has 0 saturated heterocycles. The quantitative estimate of drug-likeness (QED) is 0.0507. The van der Waals surface area contributed by atoms with Crippen molar-refractivity contribution in [2.45, 2.75) is 55.4 Å². The molecule has 0 radical (unpaired) electrons. The van der Waals surface area contributed by atoms with Crippen LogP contribution in [0, 0.1) is 38.5 Å². The van der Waals surface area contributed by atoms with Crippen molar-refractivity contribution in [1.29, 1.82) is 0 Å². The lowest BCUT2D eigenvalue weighted by Crippen LogP contribution is -2.41. The lowest BCUT2D eigenvalue weighted by atomic mass is 9.69. The zero-order valence-electron chi connectivity index (χ0n) is 46.3. The van der Waals surface area contributed by atoms with Gasteiger partial charge in [-0.1, -0.05) is 125 Å². The number of anilines is 2. The Morgan fingerprint density at radius 2 is 0.750 bits per heavy atom. The number of fused-ring (bicyclic) bond motifs is 6. The van der Waals surface area contributed by atoms with E-state index in [-0.39, 0.29) is 0 Å². The summed E-state index contributed by atoms with van der Waals surface area (Å²) < 4.78 is 18.2. The van der Waals surface area contributed by atoms with Crippen molar-refractivity contribution in [3.63, 3.8) is 0 Å². The minimum Gasteiger partial charge on any atom is -0.491 e. The summed E-state index contributed by atoms with van der Waals surface area (Å²) in [6, 6.07) is 61.4. The summed E-state index contributed by atoms with van der Waals surface area (Å²) in [7, 11) is 0. The number of hydrogen-bond donors (Lipinski definition) is 2. The number of azo groups is 2. The molecule has 0 spiro atoms. The third-order valence-corrected chi connectivity index (χ3v) is 16.0. The molecule has 10 aromatic carbocycles. The first-order valence-electron chi connectivity index (χ1n) is 27.0. The fraction of sp³-hybridized carbons (Fsp3) is 0.176. The minimum atomic E-state index is -0.415. The number of hydrogen-bond acceptors (Lipinski definition) is 10. The zero-order valence-corrected chi connectivity index (χ0v) is 46.3. The number of nitrogens with zero attached hydrogens (tertiary/aromatic N) is 8. The molecule has 0 unspecified atom stereocenters. The summed E-state index contributed by atoms with van der Waals surface area (Å²) in [6.07, 6.45) is 0. The molecule has 0 aliphatic rings. The maximum absolute atomic E-state index is 6.88. The number of nitrogen functional groups attached to an aromatic ring is 2. The van der Waals surface area contributed by atoms with Crippen molar-refractivity contribution in [1.82, 2.24) is 9.97 Å². The van der Waals surface area contributed by atoms with Gasteiger partial charge < -0.3 is 20.9 Å². The van der Waals surface area contributed by atoms with Crippen LogP contribution in [0.2, 0.25) is 0 Å². The van der Waals surface area contributed by atoms with E-state index in [1.807, 2.05) is 125 Å². The van der Waals surface area contributed by atoms with E-state index in [9.17, 15) is 0 Å². The van der Waals surface area contributed by atoms with E-state index in [1.54, 1.807) is 0 Å². The first-order chi connectivity index (χ1) is 38.6. The molecular formula is C68H62N10O2+2. The highest BCUT2D eigenvalue weighted by molar-refractivity contribution is 5.97. The number of para-hydroxylation sites is 2. The fourth-order valence-corrected chi connectivity index (χ4v) is 10.3. The Labute approximate surface area is 464 Å². The average molecular weight is 1050 g/mol. The van der Waals surface area contributed by atoms with Gasteiger partial charge in [0.15, 0.2) is 0 Å². The van der Waals surface area contributed by atoms with E-state index in [0.717, 1.165) is 99.3 Å². The number of rotatable bonds is 13. The van der Waals surface area contributed by atoms with Crippen molar-refractivity contribution < 1.29 is 18.6 Å². The van der Waals surface area contributed by atoms with E-state index >= 15 is 0 Å². The molecule has 4 N–H and O–H groups in total. The number of aromatic nitrogens is 4. The molecule has 0 atom stereocenters. The maximum Gasteiger partial charge on any atom is 0.239 e. The first kappa shape index (κ1) is 51.1. The number of ether oxygens (including phenoxy) is 2. The van der Waals surface area contributed by atoms with Gasteiger partial charge in [0.1, 0.15) is 44.9 Å². The van der Waals surface area contributed by atoms with Gasteiger partial charge in [-0.25, -0.2) is 9.97 Å². The molecule has 0 aliphatic heterocycles. The number of aryl methyl sites for hydroxylation is 4. The second kappa shape index (κ2) is 20.3. The van der Waals surface area contributed by atoms with Crippen molar-refractivity contribution >= 4 is 99.8 Å². The summed E-state index contributed by atoms with van der Waals surface area (Å²) >= 11 is 0. The Morgan fingerprint density at radius 1 is 0.400 bits per heavy atom. The van der Waals surface area contributed by atoms with Crippen LogP contribution in [0.1, 0.15) is 49.9 Å². The predicted molar refractivity (Wildman–Crippen MR) is 324 cm³/mol. The van der Waals surface area contributed by atoms with Gasteiger partial charge in [-0.2, -0.15) is 0 Å². The van der Waals surface area contributed by atoms with E-state index in [2.05, 4.69) is 122 Å². The summed E-state index contributed by atoms with van der Waals surface area (Å²) in [6.45, 7) is 17.7. The van der Waals surface area contributed by atoms with Crippen molar-refractivity contribution in [2.75, 3.05) is 24.7 Å². The zero-order chi connectivity index (χ0) is 55.5. The van der Waals surface area contributed by atoms with Crippen LogP contribution < -0.4 is 30.1 Å². The third kappa shape index (κ3) is 9.42. The minimum absolute atomic E-state index is 0.364. The standard InChI is InChI=1S/C68H60N10O2/c1-41-31-55-59(35-51(41)69)77(47-21-11-9-12-22-47)61-37-53(43(3)33-57(61)71-55)73-75-65-49-25-17-15-19-45(49)27-29-63(65)79-39-67(5,6)68(7,8)40-80-64-30-28-46-20-16-18-26-50(46)66(64)76-74-54-38-62-58(34-44(54)4)72-56-32-42(2)52(70)36-60(56)78(62)48-23-13-10-14-24-48/h9-38,69-70H,39-40H2,1-8H3/p+2. The summed E-state index contributed by atoms with van der Waals surface area (Å²) in [4.78, 5) is 10.2. The van der Waals surface area contributed by atoms with Crippen LogP contribution in [0.15, 0.2) is 202 Å². The van der Waals surface area contributed by atoms with E-state index in [4.69, 9.17) is 51.4 Å². The highest BCUT2D eigenvalue weighted by Crippen LogP contribution is 2.45. The van der Waals surface area contributed by atoms with Crippen LogP contribution in [0.25, 0.3) is 77.1 Å². The maximum atomic E-state index is 6.88. The highest BCUT2D eigenvalue weighted by Gasteiger charge is 2.39. The van der Waals surface area contributed by atoms with Crippen LogP contribution in [0.5, 0.6) is 11.5 Å². The van der Waals surface area contributed by atoms with Crippen molar-refractivity contribution in [2.24, 2.45) is 31.3 Å². The second-order valence-electron chi connectivity index (χ2n) is 22.2. The van der Waals surface area contributed by atoms with Crippen LogP contribution in [-0.4, -0.2) is 23.2 Å². The van der Waals surface area contributed by atoms with Gasteiger partial charge in [-0.05, 0) is 97.1 Å². The van der Waals surface area contributed by atoms with Gasteiger partial charge in [0.25, 0.3) is 0 Å². The molecule has 12 heteroatoms. The molecule has 12 nitrogen and oxygen atoms in total. The molecular weight excluding hydrogens is 989 g/mol. The Bertz CT molecular complexity index is 4210. The van der Waals surface area contributed by atoms with Gasteiger partial charge in [0.05, 0.1) is 24.6 Å². The first-order valence-corrected chi connectivity index (χ1v) is 27.0. The summed E-state index contributed by atoms with van der Waals surface area (Å²) in [5.41, 5.74) is 29.1. The van der Waals surface area contributed by atoms with Gasteiger partial charge in [-0.15, -0.1) is 29.6 Å². The van der Waals surface area contributed by atoms with Gasteiger partial charge in [0.2, 0.25) is 33.4 Å². The smallest absolute Gasteiger partial charge is 0.239 e. The molecule has 0 saturated carbocycles. The molecule has 0 bridgehead atoms. The van der Waals surface area contributed by atoms with E-state index in [0.29, 0.717) is 58.8 Å². The van der Waals surface area contributed by atoms with Crippen molar-refractivity contribution in [3.05, 3.63) is 204 Å². The van der Waals surface area contributed by atoms with Crippen LogP contribution in [-0.2, 0) is 0 Å². The van der Waals surface area contributed by atoms with Gasteiger partial charge in [-0.3, -0.25) is 0 Å². The fourth-order valence-electron chi connectivity index (χ4n) is 10.3. The van der Waals surface area contributed by atoms with Crippen LogP contribution in [0.4, 0.5) is 34.1 Å². The van der Waals surface area contributed by atoms with Crippen molar-refractivity contribution in [3.8, 4) is 22.9 Å². The molecule has 2 aromatic heterocycles. The monoisotopic (exact) mass is 1050 g/mol. The molecule has 0 fully saturated rings. The summed E-state index contributed by atoms with van der Waals surface area (Å²) in [5.74, 6) is 1.26. The number of benzene rings is 10. The Balaban J connectivity index is 0.843. The molecule has 12 aromatic rings. The molecule has 2 heterocycles. The Hall–Kier alpha value is -9.68.